The van der Waals surface area contributed by atoms with Crippen molar-refractivity contribution in [2.24, 2.45) is 0 Å². The summed E-state index contributed by atoms with van der Waals surface area (Å²) >= 11 is 4.17. The van der Waals surface area contributed by atoms with Crippen LogP contribution < -0.4 is 14.8 Å². The van der Waals surface area contributed by atoms with Crippen molar-refractivity contribution < 1.29 is 32.6 Å². The van der Waals surface area contributed by atoms with Crippen LogP contribution in [0.15, 0.2) is 70.0 Å². The van der Waals surface area contributed by atoms with E-state index in [-0.39, 0.29) is 23.0 Å². The number of carbonyl (C=O) groups is 3. The Bertz CT molecular complexity index is 1420. The Morgan fingerprint density at radius 1 is 1.03 bits per heavy atom. The highest BCUT2D eigenvalue weighted by Gasteiger charge is 2.36. The van der Waals surface area contributed by atoms with Crippen molar-refractivity contribution in [3.8, 4) is 11.5 Å². The third-order valence-electron chi connectivity index (χ3n) is 5.24. The highest BCUT2D eigenvalue weighted by Crippen LogP contribution is 2.38. The minimum atomic E-state index is -0.637. The minimum Gasteiger partial charge on any atom is -0.490 e. The van der Waals surface area contributed by atoms with Gasteiger partial charge in [-0.15, -0.1) is 0 Å². The van der Waals surface area contributed by atoms with Gasteiger partial charge >= 0.3 is 0 Å². The first-order valence-corrected chi connectivity index (χ1v) is 13.0. The van der Waals surface area contributed by atoms with Crippen molar-refractivity contribution in [1.29, 1.82) is 0 Å². The number of amides is 3. The van der Waals surface area contributed by atoms with Gasteiger partial charge in [-0.25, -0.2) is 8.78 Å². The zero-order valence-electron chi connectivity index (χ0n) is 20.0. The average molecular weight is 603 g/mol. The van der Waals surface area contributed by atoms with Gasteiger partial charge in [0.15, 0.2) is 11.5 Å². The average Bonchev–Trinajstić information content (AvgIpc) is 3.13. The lowest BCUT2D eigenvalue weighted by molar-refractivity contribution is -0.127. The molecule has 1 fully saturated rings. The number of ether oxygens (including phenoxy) is 2. The standard InChI is InChI=1S/C27H21BrF2N2O5S/c1-2-36-22-10-17(21(28)13-23(22)37-15-16-6-8-18(29)9-7-16)11-24-26(34)32(27(35)38-24)14-25(33)31-20-5-3-4-19(30)12-20/h3-13H,2,14-15H2,1H3,(H,31,33)/b24-11+. The maximum atomic E-state index is 13.4. The lowest BCUT2D eigenvalue weighted by Crippen LogP contribution is -2.36. The van der Waals surface area contributed by atoms with Crippen molar-refractivity contribution in [1.82, 2.24) is 4.90 Å². The number of hydrogen-bond acceptors (Lipinski definition) is 6. The first kappa shape index (κ1) is 27.3. The third-order valence-corrected chi connectivity index (χ3v) is 6.83. The molecule has 0 aromatic heterocycles. The number of hydrogen-bond donors (Lipinski definition) is 1. The fourth-order valence-corrected chi connectivity index (χ4v) is 4.74. The Morgan fingerprint density at radius 2 is 1.76 bits per heavy atom. The van der Waals surface area contributed by atoms with Crippen LogP contribution in [0.2, 0.25) is 0 Å². The molecule has 0 radical (unpaired) electrons. The van der Waals surface area contributed by atoms with Gasteiger partial charge in [0, 0.05) is 10.2 Å². The number of nitrogens with zero attached hydrogens (tertiary/aromatic N) is 1. The molecule has 0 bridgehead atoms. The molecule has 3 amide bonds. The Kier molecular flexibility index (Phi) is 8.80. The van der Waals surface area contributed by atoms with Crippen LogP contribution >= 0.6 is 27.7 Å². The fraction of sp³-hybridized carbons (Fsp3) is 0.148. The van der Waals surface area contributed by atoms with Gasteiger partial charge in [0.2, 0.25) is 5.91 Å². The molecule has 1 N–H and O–H groups in total. The molecule has 7 nitrogen and oxygen atoms in total. The molecular weight excluding hydrogens is 582 g/mol. The van der Waals surface area contributed by atoms with Crippen molar-refractivity contribution in [2.45, 2.75) is 13.5 Å². The van der Waals surface area contributed by atoms with Gasteiger partial charge in [0.05, 0.1) is 11.5 Å². The van der Waals surface area contributed by atoms with Gasteiger partial charge in [-0.3, -0.25) is 19.3 Å². The molecule has 0 aliphatic carbocycles. The number of nitrogens with one attached hydrogen (secondary N) is 1. The summed E-state index contributed by atoms with van der Waals surface area (Å²) in [6.45, 7) is 1.83. The van der Waals surface area contributed by atoms with Crippen LogP contribution in [0, 0.1) is 11.6 Å². The van der Waals surface area contributed by atoms with Gasteiger partial charge < -0.3 is 14.8 Å². The highest BCUT2D eigenvalue weighted by atomic mass is 79.9. The minimum absolute atomic E-state index is 0.122. The lowest BCUT2D eigenvalue weighted by Gasteiger charge is -2.14. The Hall–Kier alpha value is -3.70. The van der Waals surface area contributed by atoms with E-state index in [2.05, 4.69) is 21.2 Å². The first-order chi connectivity index (χ1) is 18.2. The number of rotatable bonds is 9. The number of thioether (sulfide) groups is 1. The molecule has 196 valence electrons. The van der Waals surface area contributed by atoms with E-state index in [1.807, 2.05) is 6.92 Å². The molecule has 38 heavy (non-hydrogen) atoms. The monoisotopic (exact) mass is 602 g/mol. The largest absolute Gasteiger partial charge is 0.490 e. The predicted molar refractivity (Wildman–Crippen MR) is 144 cm³/mol. The second-order valence-corrected chi connectivity index (χ2v) is 9.84. The molecule has 1 aliphatic heterocycles. The number of anilines is 1. The van der Waals surface area contributed by atoms with Crippen LogP contribution in [-0.2, 0) is 16.2 Å². The van der Waals surface area contributed by atoms with Crippen molar-refractivity contribution >= 4 is 56.5 Å². The molecule has 0 saturated carbocycles. The van der Waals surface area contributed by atoms with Gasteiger partial charge in [0.1, 0.15) is 24.8 Å². The van der Waals surface area contributed by atoms with E-state index in [4.69, 9.17) is 9.47 Å². The quantitative estimate of drug-likeness (QED) is 0.286. The molecule has 0 spiro atoms. The Labute approximate surface area is 229 Å². The van der Waals surface area contributed by atoms with E-state index < -0.39 is 29.4 Å². The van der Waals surface area contributed by atoms with Crippen molar-refractivity contribution in [3.63, 3.8) is 0 Å². The van der Waals surface area contributed by atoms with Crippen LogP contribution in [0.5, 0.6) is 11.5 Å². The normalized spacial score (nSPS) is 14.2. The Balaban J connectivity index is 1.49. The zero-order valence-corrected chi connectivity index (χ0v) is 22.4. The number of benzene rings is 3. The summed E-state index contributed by atoms with van der Waals surface area (Å²) < 4.78 is 38.7. The van der Waals surface area contributed by atoms with Gasteiger partial charge in [0.25, 0.3) is 11.1 Å². The van der Waals surface area contributed by atoms with E-state index in [1.165, 1.54) is 36.4 Å². The summed E-state index contributed by atoms with van der Waals surface area (Å²) in [6, 6.07) is 14.6. The SMILES string of the molecule is CCOc1cc(/C=C2/SC(=O)N(CC(=O)Nc3cccc(F)c3)C2=O)c(Br)cc1OCc1ccc(F)cc1. The molecule has 3 aromatic carbocycles. The van der Waals surface area contributed by atoms with Gasteiger partial charge in [-0.1, -0.05) is 34.1 Å². The topological polar surface area (TPSA) is 84.9 Å². The first-order valence-electron chi connectivity index (χ1n) is 11.4. The molecule has 1 heterocycles. The summed E-state index contributed by atoms with van der Waals surface area (Å²) in [5.74, 6) is -1.29. The molecule has 3 aromatic rings. The van der Waals surface area contributed by atoms with Crippen LogP contribution in [0.25, 0.3) is 6.08 Å². The zero-order chi connectivity index (χ0) is 27.2. The molecule has 4 rings (SSSR count). The van der Waals surface area contributed by atoms with Crippen molar-refractivity contribution in [2.75, 3.05) is 18.5 Å². The molecule has 1 saturated heterocycles. The maximum absolute atomic E-state index is 13.4. The summed E-state index contributed by atoms with van der Waals surface area (Å²) in [7, 11) is 0. The van der Waals surface area contributed by atoms with E-state index >= 15 is 0 Å². The summed E-state index contributed by atoms with van der Waals surface area (Å²) in [4.78, 5) is 38.7. The number of carbonyl (C=O) groups excluding carboxylic acids is 3. The number of imide groups is 1. The molecular formula is C27H21BrF2N2O5S. The summed E-state index contributed by atoms with van der Waals surface area (Å²) in [5.41, 5.74) is 1.54. The van der Waals surface area contributed by atoms with Crippen LogP contribution in [0.4, 0.5) is 19.3 Å². The molecule has 0 unspecified atom stereocenters. The molecule has 0 atom stereocenters. The summed E-state index contributed by atoms with van der Waals surface area (Å²) in [5, 5.41) is 1.87. The Morgan fingerprint density at radius 3 is 2.47 bits per heavy atom. The third kappa shape index (κ3) is 6.78. The molecule has 11 heteroatoms. The molecule has 1 aliphatic rings. The van der Waals surface area contributed by atoms with Crippen LogP contribution in [0.1, 0.15) is 18.1 Å². The predicted octanol–water partition coefficient (Wildman–Crippen LogP) is 6.38. The van der Waals surface area contributed by atoms with E-state index in [0.29, 0.717) is 39.9 Å². The lowest BCUT2D eigenvalue weighted by atomic mass is 10.1. The second kappa shape index (κ2) is 12.2. The van der Waals surface area contributed by atoms with Gasteiger partial charge in [-0.05, 0) is 78.4 Å². The van der Waals surface area contributed by atoms with E-state index in [1.54, 1.807) is 24.3 Å². The number of halogens is 3. The smallest absolute Gasteiger partial charge is 0.294 e. The fourth-order valence-electron chi connectivity index (χ4n) is 3.47. The van der Waals surface area contributed by atoms with Crippen LogP contribution in [-0.4, -0.2) is 35.1 Å². The summed E-state index contributed by atoms with van der Waals surface area (Å²) in [6.07, 6.45) is 1.52. The van der Waals surface area contributed by atoms with Gasteiger partial charge in [-0.2, -0.15) is 0 Å². The van der Waals surface area contributed by atoms with Crippen molar-refractivity contribution in [3.05, 3.63) is 92.8 Å². The second-order valence-electron chi connectivity index (χ2n) is 7.99. The van der Waals surface area contributed by atoms with E-state index in [0.717, 1.165) is 16.5 Å². The van der Waals surface area contributed by atoms with E-state index in [9.17, 15) is 23.2 Å². The maximum Gasteiger partial charge on any atom is 0.294 e. The highest BCUT2D eigenvalue weighted by molar-refractivity contribution is 9.10. The van der Waals surface area contributed by atoms with Crippen LogP contribution in [0.3, 0.4) is 0 Å².